The van der Waals surface area contributed by atoms with Gasteiger partial charge in [0.15, 0.2) is 0 Å². The minimum Gasteiger partial charge on any atom is -0.378 e. The molecule has 1 aliphatic heterocycles. The maximum Gasteiger partial charge on any atom is 0.253 e. The van der Waals surface area contributed by atoms with Crippen molar-refractivity contribution in [3.63, 3.8) is 0 Å². The molecule has 1 aromatic heterocycles. The molecule has 0 unspecified atom stereocenters. The first-order chi connectivity index (χ1) is 17.7. The van der Waals surface area contributed by atoms with Crippen molar-refractivity contribution in [3.8, 4) is 0 Å². The van der Waals surface area contributed by atoms with Gasteiger partial charge in [0, 0.05) is 51.9 Å². The number of nitrogens with zero attached hydrogens (tertiary/aromatic N) is 5. The van der Waals surface area contributed by atoms with Gasteiger partial charge < -0.3 is 19.4 Å². The van der Waals surface area contributed by atoms with Crippen LogP contribution in [0.15, 0.2) is 36.5 Å². The van der Waals surface area contributed by atoms with Crippen LogP contribution in [0, 0.1) is 17.6 Å². The molecule has 9 heteroatoms. The predicted octanol–water partition coefficient (Wildman–Crippen LogP) is 4.89. The van der Waals surface area contributed by atoms with Crippen LogP contribution < -0.4 is 9.80 Å². The van der Waals surface area contributed by atoms with Crippen molar-refractivity contribution >= 4 is 28.4 Å². The van der Waals surface area contributed by atoms with E-state index in [2.05, 4.69) is 23.7 Å². The van der Waals surface area contributed by atoms with E-state index in [1.807, 2.05) is 11.9 Å². The van der Waals surface area contributed by atoms with Gasteiger partial charge in [0.1, 0.15) is 23.0 Å². The van der Waals surface area contributed by atoms with Gasteiger partial charge in [-0.2, -0.15) is 0 Å². The van der Waals surface area contributed by atoms with Crippen molar-refractivity contribution in [2.45, 2.75) is 33.2 Å². The molecule has 198 valence electrons. The summed E-state index contributed by atoms with van der Waals surface area (Å²) in [6.07, 6.45) is 3.69. The molecule has 0 atom stereocenters. The number of fused-ring (bicyclic) bond motifs is 1. The fourth-order valence-electron chi connectivity index (χ4n) is 4.57. The number of morpholine rings is 1. The Morgan fingerprint density at radius 2 is 1.78 bits per heavy atom. The van der Waals surface area contributed by atoms with Gasteiger partial charge >= 0.3 is 0 Å². The second-order valence-electron chi connectivity index (χ2n) is 10.1. The third kappa shape index (κ3) is 6.71. The Morgan fingerprint density at radius 1 is 1.08 bits per heavy atom. The summed E-state index contributed by atoms with van der Waals surface area (Å²) in [4.78, 5) is 28.6. The molecule has 0 saturated carbocycles. The number of amides is 1. The molecule has 0 spiro atoms. The third-order valence-electron chi connectivity index (χ3n) is 6.57. The molecule has 1 amide bonds. The molecule has 2 heterocycles. The molecule has 2 aromatic carbocycles. The summed E-state index contributed by atoms with van der Waals surface area (Å²) in [6, 6.07) is 7.05. The largest absolute Gasteiger partial charge is 0.378 e. The third-order valence-corrected chi connectivity index (χ3v) is 6.57. The van der Waals surface area contributed by atoms with Crippen LogP contribution in [0.5, 0.6) is 0 Å². The lowest BCUT2D eigenvalue weighted by Gasteiger charge is -2.28. The number of benzene rings is 2. The Labute approximate surface area is 217 Å². The number of anilines is 2. The number of hydrogen-bond acceptors (Lipinski definition) is 6. The minimum absolute atomic E-state index is 0.101. The molecule has 0 radical (unpaired) electrons. The second kappa shape index (κ2) is 11.8. The van der Waals surface area contributed by atoms with E-state index in [0.29, 0.717) is 66.6 Å². The first kappa shape index (κ1) is 26.7. The van der Waals surface area contributed by atoms with E-state index in [4.69, 9.17) is 9.72 Å². The maximum absolute atomic E-state index is 13.9. The quantitative estimate of drug-likeness (QED) is 0.408. The molecule has 4 rings (SSSR count). The van der Waals surface area contributed by atoms with E-state index >= 15 is 0 Å². The van der Waals surface area contributed by atoms with Crippen molar-refractivity contribution in [1.82, 2.24) is 14.9 Å². The van der Waals surface area contributed by atoms with Crippen LogP contribution in [0.4, 0.5) is 20.3 Å². The zero-order valence-electron chi connectivity index (χ0n) is 22.0. The lowest BCUT2D eigenvalue weighted by Crippen LogP contribution is -2.36. The highest BCUT2D eigenvalue weighted by Gasteiger charge is 2.20. The first-order valence-corrected chi connectivity index (χ1v) is 12.8. The van der Waals surface area contributed by atoms with Crippen LogP contribution in [0.2, 0.25) is 0 Å². The Bertz CT molecular complexity index is 1230. The summed E-state index contributed by atoms with van der Waals surface area (Å²) in [5.41, 5.74) is 2.87. The smallest absolute Gasteiger partial charge is 0.253 e. The molecule has 0 aliphatic carbocycles. The summed E-state index contributed by atoms with van der Waals surface area (Å²) < 4.78 is 33.2. The Morgan fingerprint density at radius 3 is 2.46 bits per heavy atom. The van der Waals surface area contributed by atoms with Crippen LogP contribution in [-0.4, -0.2) is 67.7 Å². The highest BCUT2D eigenvalue weighted by atomic mass is 19.1. The van der Waals surface area contributed by atoms with Crippen molar-refractivity contribution in [2.24, 2.45) is 5.92 Å². The van der Waals surface area contributed by atoms with E-state index in [-0.39, 0.29) is 12.5 Å². The molecule has 1 aliphatic rings. The van der Waals surface area contributed by atoms with Crippen molar-refractivity contribution in [1.29, 1.82) is 0 Å². The summed E-state index contributed by atoms with van der Waals surface area (Å²) in [5, 5.41) is 0. The zero-order valence-corrected chi connectivity index (χ0v) is 22.0. The average Bonchev–Trinajstić information content (AvgIpc) is 2.86. The van der Waals surface area contributed by atoms with Gasteiger partial charge in [0.05, 0.1) is 30.6 Å². The van der Waals surface area contributed by atoms with Gasteiger partial charge in [-0.05, 0) is 48.6 Å². The Hall–Kier alpha value is -3.33. The lowest BCUT2D eigenvalue weighted by atomic mass is 10.1. The number of hydrogen-bond donors (Lipinski definition) is 0. The van der Waals surface area contributed by atoms with E-state index in [1.165, 1.54) is 12.1 Å². The van der Waals surface area contributed by atoms with Crippen LogP contribution >= 0.6 is 0 Å². The maximum atomic E-state index is 13.9. The topological polar surface area (TPSA) is 61.8 Å². The summed E-state index contributed by atoms with van der Waals surface area (Å²) >= 11 is 0. The van der Waals surface area contributed by atoms with Crippen LogP contribution in [0.25, 0.3) is 11.0 Å². The van der Waals surface area contributed by atoms with Gasteiger partial charge in [-0.3, -0.25) is 9.78 Å². The summed E-state index contributed by atoms with van der Waals surface area (Å²) in [5.74, 6) is -0.0551. The standard InChI is InChI=1S/C28H35F2N5O2/c1-19(2)6-5-7-33(3)28(36)21-14-24-27(32-26(17-31-24)35-8-10-37-11-9-35)25(15-21)34(4)18-20-12-22(29)16-23(30)13-20/h12-17,19H,5-11,18H2,1-4H3. The summed E-state index contributed by atoms with van der Waals surface area (Å²) in [7, 11) is 3.63. The van der Waals surface area contributed by atoms with E-state index in [9.17, 15) is 13.6 Å². The highest BCUT2D eigenvalue weighted by molar-refractivity contribution is 6.01. The molecule has 1 saturated heterocycles. The molecule has 37 heavy (non-hydrogen) atoms. The van der Waals surface area contributed by atoms with Crippen molar-refractivity contribution in [2.75, 3.05) is 56.7 Å². The number of aromatic nitrogens is 2. The Kier molecular flexibility index (Phi) is 8.53. The number of carbonyl (C=O) groups excluding carboxylic acids is 1. The van der Waals surface area contributed by atoms with E-state index in [1.54, 1.807) is 30.3 Å². The van der Waals surface area contributed by atoms with Crippen molar-refractivity contribution in [3.05, 3.63) is 59.3 Å². The van der Waals surface area contributed by atoms with E-state index < -0.39 is 11.6 Å². The fraction of sp³-hybridized carbons (Fsp3) is 0.464. The molecule has 0 bridgehead atoms. The Balaban J connectivity index is 1.70. The number of halogens is 2. The molecule has 3 aromatic rings. The second-order valence-corrected chi connectivity index (χ2v) is 10.1. The van der Waals surface area contributed by atoms with Crippen molar-refractivity contribution < 1.29 is 18.3 Å². The fourth-order valence-corrected chi connectivity index (χ4v) is 4.57. The zero-order chi connectivity index (χ0) is 26.5. The number of carbonyl (C=O) groups is 1. The average molecular weight is 512 g/mol. The molecule has 0 N–H and O–H groups in total. The highest BCUT2D eigenvalue weighted by Crippen LogP contribution is 2.29. The summed E-state index contributed by atoms with van der Waals surface area (Å²) in [6.45, 7) is 7.89. The molecular formula is C28H35F2N5O2. The first-order valence-electron chi connectivity index (χ1n) is 12.8. The normalized spacial score (nSPS) is 13.9. The minimum atomic E-state index is -0.630. The number of ether oxygens (including phenoxy) is 1. The monoisotopic (exact) mass is 511 g/mol. The van der Waals surface area contributed by atoms with Gasteiger partial charge in [0.2, 0.25) is 0 Å². The van der Waals surface area contributed by atoms with Gasteiger partial charge in [-0.15, -0.1) is 0 Å². The van der Waals surface area contributed by atoms with Gasteiger partial charge in [0.25, 0.3) is 5.91 Å². The van der Waals surface area contributed by atoms with Crippen LogP contribution in [0.3, 0.4) is 0 Å². The van der Waals surface area contributed by atoms with Gasteiger partial charge in [-0.1, -0.05) is 13.8 Å². The lowest BCUT2D eigenvalue weighted by molar-refractivity contribution is 0.0791. The van der Waals surface area contributed by atoms with Gasteiger partial charge in [-0.25, -0.2) is 13.8 Å². The molecular weight excluding hydrogens is 476 g/mol. The molecule has 7 nitrogen and oxygen atoms in total. The van der Waals surface area contributed by atoms with Crippen LogP contribution in [0.1, 0.15) is 42.6 Å². The SMILES string of the molecule is CC(C)CCCN(C)C(=O)c1cc(N(C)Cc2cc(F)cc(F)c2)c2nc(N3CCOCC3)cnc2c1. The number of rotatable bonds is 9. The molecule has 1 fully saturated rings. The van der Waals surface area contributed by atoms with Crippen LogP contribution in [-0.2, 0) is 11.3 Å². The predicted molar refractivity (Wildman–Crippen MR) is 142 cm³/mol. The van der Waals surface area contributed by atoms with E-state index in [0.717, 1.165) is 24.7 Å².